The van der Waals surface area contributed by atoms with Crippen LogP contribution in [0, 0.1) is 6.92 Å². The first-order chi connectivity index (χ1) is 5.29. The summed E-state index contributed by atoms with van der Waals surface area (Å²) in [5.74, 6) is 0. The normalized spacial score (nSPS) is 10.7. The smallest absolute Gasteiger partial charge is 0.154 e. The molecule has 0 N–H and O–H groups in total. The predicted molar refractivity (Wildman–Crippen MR) is 44.9 cm³/mol. The quantitative estimate of drug-likeness (QED) is 0.587. The first-order valence-corrected chi connectivity index (χ1v) is 3.75. The zero-order valence-corrected chi connectivity index (χ0v) is 6.84. The van der Waals surface area contributed by atoms with Gasteiger partial charge in [0, 0.05) is 5.69 Å². The molecule has 0 aliphatic rings. The van der Waals surface area contributed by atoms with E-state index in [9.17, 15) is 0 Å². The minimum absolute atomic E-state index is 0.564. The van der Waals surface area contributed by atoms with E-state index in [1.165, 1.54) is 0 Å². The Morgan fingerprint density at radius 1 is 1.45 bits per heavy atom. The van der Waals surface area contributed by atoms with Crippen molar-refractivity contribution >= 4 is 17.1 Å². The van der Waals surface area contributed by atoms with Gasteiger partial charge >= 0.3 is 0 Å². The monoisotopic (exact) mass is 166 g/mol. The van der Waals surface area contributed by atoms with E-state index in [2.05, 4.69) is 4.98 Å². The van der Waals surface area contributed by atoms with E-state index in [-0.39, 0.29) is 0 Å². The highest BCUT2D eigenvalue weighted by atomic mass is 35.5. The molecule has 0 aromatic carbocycles. The van der Waals surface area contributed by atoms with Crippen LogP contribution in [0.5, 0.6) is 0 Å². The van der Waals surface area contributed by atoms with Crippen LogP contribution in [0.1, 0.15) is 5.69 Å². The third kappa shape index (κ3) is 0.906. The molecule has 0 fully saturated rings. The summed E-state index contributed by atoms with van der Waals surface area (Å²) < 4.78 is 1.96. The molecule has 56 valence electrons. The Labute approximate surface area is 69.4 Å². The topological polar surface area (TPSA) is 17.3 Å². The molecule has 3 heteroatoms. The SMILES string of the molecule is Cc1cccc2c(Cl)ncn12. The van der Waals surface area contributed by atoms with Gasteiger partial charge in [0.1, 0.15) is 6.33 Å². The Morgan fingerprint density at radius 3 is 3.00 bits per heavy atom. The number of nitrogens with zero attached hydrogens (tertiary/aromatic N) is 2. The maximum Gasteiger partial charge on any atom is 0.154 e. The van der Waals surface area contributed by atoms with Crippen molar-refractivity contribution in [2.24, 2.45) is 0 Å². The second-order valence-corrected chi connectivity index (χ2v) is 2.82. The summed E-state index contributed by atoms with van der Waals surface area (Å²) in [5.41, 5.74) is 2.11. The van der Waals surface area contributed by atoms with E-state index in [1.54, 1.807) is 6.33 Å². The van der Waals surface area contributed by atoms with E-state index in [0.717, 1.165) is 11.2 Å². The van der Waals surface area contributed by atoms with Crippen molar-refractivity contribution in [2.45, 2.75) is 6.92 Å². The molecular weight excluding hydrogens is 160 g/mol. The molecule has 2 aromatic heterocycles. The Balaban J connectivity index is 2.94. The van der Waals surface area contributed by atoms with Gasteiger partial charge in [0.2, 0.25) is 0 Å². The number of pyridine rings is 1. The highest BCUT2D eigenvalue weighted by Crippen LogP contribution is 2.15. The Kier molecular flexibility index (Phi) is 1.36. The lowest BCUT2D eigenvalue weighted by molar-refractivity contribution is 1.07. The summed E-state index contributed by atoms with van der Waals surface area (Å²) in [6.45, 7) is 2.02. The zero-order valence-electron chi connectivity index (χ0n) is 6.08. The highest BCUT2D eigenvalue weighted by Gasteiger charge is 2.00. The molecule has 0 bridgehead atoms. The van der Waals surface area contributed by atoms with E-state index in [4.69, 9.17) is 11.6 Å². The standard InChI is InChI=1S/C8H7ClN2/c1-6-3-2-4-7-8(9)10-5-11(6)7/h2-5H,1H3. The summed E-state index contributed by atoms with van der Waals surface area (Å²) in [7, 11) is 0. The molecule has 2 aromatic rings. The third-order valence-electron chi connectivity index (χ3n) is 1.73. The number of hydrogen-bond acceptors (Lipinski definition) is 1. The zero-order chi connectivity index (χ0) is 7.84. The summed E-state index contributed by atoms with van der Waals surface area (Å²) >= 11 is 5.81. The van der Waals surface area contributed by atoms with Crippen LogP contribution in [0.25, 0.3) is 5.52 Å². The molecule has 0 atom stereocenters. The van der Waals surface area contributed by atoms with Crippen LogP contribution in [0.15, 0.2) is 24.5 Å². The minimum Gasteiger partial charge on any atom is -0.302 e. The van der Waals surface area contributed by atoms with Gasteiger partial charge in [0.15, 0.2) is 5.15 Å². The Bertz CT molecular complexity index is 392. The number of rotatable bonds is 0. The predicted octanol–water partition coefficient (Wildman–Crippen LogP) is 2.30. The number of halogens is 1. The molecule has 0 amide bonds. The van der Waals surface area contributed by atoms with Crippen LogP contribution >= 0.6 is 11.6 Å². The van der Waals surface area contributed by atoms with Gasteiger partial charge in [-0.15, -0.1) is 0 Å². The lowest BCUT2D eigenvalue weighted by Gasteiger charge is -1.96. The second kappa shape index (κ2) is 2.24. The van der Waals surface area contributed by atoms with Gasteiger partial charge in [-0.2, -0.15) is 0 Å². The van der Waals surface area contributed by atoms with Gasteiger partial charge in [-0.3, -0.25) is 0 Å². The molecule has 0 spiro atoms. The van der Waals surface area contributed by atoms with Crippen molar-refractivity contribution in [3.8, 4) is 0 Å². The van der Waals surface area contributed by atoms with Crippen molar-refractivity contribution in [3.05, 3.63) is 35.4 Å². The minimum atomic E-state index is 0.564. The van der Waals surface area contributed by atoms with Crippen LogP contribution < -0.4 is 0 Å². The van der Waals surface area contributed by atoms with Crippen LogP contribution in [-0.4, -0.2) is 9.38 Å². The molecule has 0 aliphatic heterocycles. The molecule has 0 saturated carbocycles. The van der Waals surface area contributed by atoms with E-state index < -0.39 is 0 Å². The summed E-state index contributed by atoms with van der Waals surface area (Å²) in [5, 5.41) is 0.564. The molecule has 2 nitrogen and oxygen atoms in total. The van der Waals surface area contributed by atoms with Gasteiger partial charge < -0.3 is 4.40 Å². The van der Waals surface area contributed by atoms with E-state index >= 15 is 0 Å². The van der Waals surface area contributed by atoms with Gasteiger partial charge in [-0.25, -0.2) is 4.98 Å². The summed E-state index contributed by atoms with van der Waals surface area (Å²) in [6, 6.07) is 5.94. The molecule has 0 saturated heterocycles. The fraction of sp³-hybridized carbons (Fsp3) is 0.125. The fourth-order valence-electron chi connectivity index (χ4n) is 1.13. The second-order valence-electron chi connectivity index (χ2n) is 2.46. The van der Waals surface area contributed by atoms with Crippen molar-refractivity contribution in [2.75, 3.05) is 0 Å². The Morgan fingerprint density at radius 2 is 2.27 bits per heavy atom. The number of hydrogen-bond donors (Lipinski definition) is 0. The summed E-state index contributed by atoms with van der Waals surface area (Å²) in [4.78, 5) is 3.98. The van der Waals surface area contributed by atoms with E-state index in [1.807, 2.05) is 29.5 Å². The van der Waals surface area contributed by atoms with Crippen molar-refractivity contribution in [1.82, 2.24) is 9.38 Å². The molecule has 0 radical (unpaired) electrons. The van der Waals surface area contributed by atoms with Crippen molar-refractivity contribution in [1.29, 1.82) is 0 Å². The van der Waals surface area contributed by atoms with Crippen LogP contribution in [-0.2, 0) is 0 Å². The summed E-state index contributed by atoms with van der Waals surface area (Å²) in [6.07, 6.45) is 1.73. The Hall–Kier alpha value is -1.02. The largest absolute Gasteiger partial charge is 0.302 e. The van der Waals surface area contributed by atoms with Crippen molar-refractivity contribution in [3.63, 3.8) is 0 Å². The average molecular weight is 167 g/mol. The van der Waals surface area contributed by atoms with Crippen LogP contribution in [0.3, 0.4) is 0 Å². The molecule has 0 aliphatic carbocycles. The number of aryl methyl sites for hydroxylation is 1. The van der Waals surface area contributed by atoms with E-state index in [0.29, 0.717) is 5.15 Å². The lowest BCUT2D eigenvalue weighted by atomic mass is 10.3. The molecule has 2 rings (SSSR count). The third-order valence-corrected chi connectivity index (χ3v) is 2.02. The average Bonchev–Trinajstić information content (AvgIpc) is 2.35. The number of aromatic nitrogens is 2. The highest BCUT2D eigenvalue weighted by molar-refractivity contribution is 6.32. The van der Waals surface area contributed by atoms with Crippen LogP contribution in [0.2, 0.25) is 5.15 Å². The van der Waals surface area contributed by atoms with Gasteiger partial charge in [0.05, 0.1) is 5.52 Å². The maximum atomic E-state index is 5.81. The van der Waals surface area contributed by atoms with Crippen molar-refractivity contribution < 1.29 is 0 Å². The molecular formula is C8H7ClN2. The van der Waals surface area contributed by atoms with Gasteiger partial charge in [-0.05, 0) is 19.1 Å². The molecule has 11 heavy (non-hydrogen) atoms. The van der Waals surface area contributed by atoms with Gasteiger partial charge in [-0.1, -0.05) is 17.7 Å². The maximum absolute atomic E-state index is 5.81. The molecule has 2 heterocycles. The fourth-order valence-corrected chi connectivity index (χ4v) is 1.32. The first kappa shape index (κ1) is 6.68. The molecule has 0 unspecified atom stereocenters. The van der Waals surface area contributed by atoms with Crippen LogP contribution in [0.4, 0.5) is 0 Å². The van der Waals surface area contributed by atoms with Gasteiger partial charge in [0.25, 0.3) is 0 Å². The number of imidazole rings is 1. The lowest BCUT2D eigenvalue weighted by Crippen LogP contribution is -1.86. The first-order valence-electron chi connectivity index (χ1n) is 3.37. The number of fused-ring (bicyclic) bond motifs is 1.